The molecule has 0 unspecified atom stereocenters. The van der Waals surface area contributed by atoms with Crippen molar-refractivity contribution in [2.75, 3.05) is 6.61 Å². The first-order valence-electron chi connectivity index (χ1n) is 8.70. The molecule has 0 aliphatic carbocycles. The minimum absolute atomic E-state index is 0.00766. The van der Waals surface area contributed by atoms with Crippen LogP contribution in [-0.2, 0) is 11.8 Å². The number of ketones is 2. The summed E-state index contributed by atoms with van der Waals surface area (Å²) < 4.78 is 13.4. The van der Waals surface area contributed by atoms with E-state index in [1.54, 1.807) is 18.2 Å². The molecule has 0 bridgehead atoms. The first-order valence-corrected chi connectivity index (χ1v) is 8.70. The number of aromatic nitrogens is 1. The number of rotatable bonds is 4. The van der Waals surface area contributed by atoms with Gasteiger partial charge in [-0.15, -0.1) is 0 Å². The highest BCUT2D eigenvalue weighted by Crippen LogP contribution is 2.39. The zero-order chi connectivity index (χ0) is 19.1. The van der Waals surface area contributed by atoms with Crippen molar-refractivity contribution in [3.63, 3.8) is 0 Å². The van der Waals surface area contributed by atoms with E-state index in [0.29, 0.717) is 22.6 Å². The number of aryl methyl sites for hydroxylation is 1. The molecule has 0 radical (unpaired) electrons. The molecule has 1 aromatic heterocycles. The molecule has 0 N–H and O–H groups in total. The monoisotopic (exact) mass is 361 g/mol. The molecule has 0 atom stereocenters. The lowest BCUT2D eigenvalue weighted by molar-refractivity contribution is -0.118. The molecular weight excluding hydrogens is 342 g/mol. The van der Waals surface area contributed by atoms with Crippen molar-refractivity contribution in [1.82, 2.24) is 4.57 Å². The molecule has 0 saturated carbocycles. The second-order valence-electron chi connectivity index (χ2n) is 6.71. The normalized spacial score (nSPS) is 14.5. The smallest absolute Gasteiger partial charge is 0.231 e. The summed E-state index contributed by atoms with van der Waals surface area (Å²) in [6.45, 7) is 3.28. The van der Waals surface area contributed by atoms with Crippen LogP contribution in [0, 0.1) is 6.92 Å². The summed E-state index contributed by atoms with van der Waals surface area (Å²) in [5, 5.41) is 1.06. The van der Waals surface area contributed by atoms with Crippen LogP contribution in [0.15, 0.2) is 48.4 Å². The number of ether oxygens (including phenoxy) is 2. The quantitative estimate of drug-likeness (QED) is 0.657. The van der Waals surface area contributed by atoms with Crippen LogP contribution in [0.25, 0.3) is 17.0 Å². The lowest BCUT2D eigenvalue weighted by Gasteiger charge is -2.10. The highest BCUT2D eigenvalue weighted by Gasteiger charge is 2.30. The third-order valence-corrected chi connectivity index (χ3v) is 4.68. The van der Waals surface area contributed by atoms with Gasteiger partial charge in [0.1, 0.15) is 18.1 Å². The van der Waals surface area contributed by atoms with E-state index in [1.807, 2.05) is 49.0 Å². The molecule has 5 heteroatoms. The number of nitrogens with zero attached hydrogens (tertiary/aromatic N) is 1. The van der Waals surface area contributed by atoms with Gasteiger partial charge in [-0.2, -0.15) is 0 Å². The van der Waals surface area contributed by atoms with Gasteiger partial charge in [0.15, 0.2) is 11.5 Å². The Kier molecular flexibility index (Phi) is 4.07. The summed E-state index contributed by atoms with van der Waals surface area (Å²) in [4.78, 5) is 23.9. The van der Waals surface area contributed by atoms with Crippen molar-refractivity contribution in [2.24, 2.45) is 7.05 Å². The average Bonchev–Trinajstić information content (AvgIpc) is 3.13. The van der Waals surface area contributed by atoms with Crippen LogP contribution in [0.2, 0.25) is 0 Å². The average molecular weight is 361 g/mol. The van der Waals surface area contributed by atoms with Gasteiger partial charge in [-0.3, -0.25) is 9.59 Å². The van der Waals surface area contributed by atoms with Crippen LogP contribution < -0.4 is 9.47 Å². The minimum atomic E-state index is -0.154. The van der Waals surface area contributed by atoms with E-state index in [-0.39, 0.29) is 23.9 Å². The zero-order valence-electron chi connectivity index (χ0n) is 15.4. The first kappa shape index (κ1) is 17.1. The first-order chi connectivity index (χ1) is 13.0. The van der Waals surface area contributed by atoms with Gasteiger partial charge in [0, 0.05) is 35.3 Å². The summed E-state index contributed by atoms with van der Waals surface area (Å²) in [7, 11) is 1.97. The summed E-state index contributed by atoms with van der Waals surface area (Å²) in [6.07, 6.45) is 3.76. The molecule has 5 nitrogen and oxygen atoms in total. The van der Waals surface area contributed by atoms with E-state index in [2.05, 4.69) is 0 Å². The van der Waals surface area contributed by atoms with Crippen LogP contribution in [0.5, 0.6) is 11.5 Å². The van der Waals surface area contributed by atoms with Crippen molar-refractivity contribution in [1.29, 1.82) is 0 Å². The predicted molar refractivity (Wildman–Crippen MR) is 103 cm³/mol. The van der Waals surface area contributed by atoms with Crippen LogP contribution in [0.1, 0.15) is 28.4 Å². The Labute approximate surface area is 156 Å². The molecule has 1 aliphatic rings. The standard InChI is InChI=1S/C22H19NO4/c1-13(24)12-26-19-9-8-17-21(25)20(27-22(17)14(19)2)10-15-11-23(3)18-7-5-4-6-16(15)18/h4-11H,12H2,1-3H3/b20-10+. The number of fused-ring (bicyclic) bond motifs is 2. The molecule has 27 heavy (non-hydrogen) atoms. The number of para-hydroxylation sites is 1. The topological polar surface area (TPSA) is 57.5 Å². The van der Waals surface area contributed by atoms with Gasteiger partial charge < -0.3 is 14.0 Å². The van der Waals surface area contributed by atoms with Gasteiger partial charge >= 0.3 is 0 Å². The zero-order valence-corrected chi connectivity index (χ0v) is 15.4. The van der Waals surface area contributed by atoms with Crippen molar-refractivity contribution in [3.8, 4) is 11.5 Å². The molecule has 2 aromatic carbocycles. The number of allylic oxidation sites excluding steroid dienone is 1. The van der Waals surface area contributed by atoms with Gasteiger partial charge in [-0.25, -0.2) is 0 Å². The molecule has 0 amide bonds. The molecule has 0 fully saturated rings. The Balaban J connectivity index is 1.71. The Hall–Kier alpha value is -3.34. The van der Waals surface area contributed by atoms with Gasteiger partial charge in [-0.05, 0) is 38.1 Å². The van der Waals surface area contributed by atoms with E-state index in [1.165, 1.54) is 6.92 Å². The Morgan fingerprint density at radius 1 is 1.22 bits per heavy atom. The molecular formula is C22H19NO4. The van der Waals surface area contributed by atoms with Gasteiger partial charge in [0.2, 0.25) is 5.78 Å². The molecule has 2 heterocycles. The number of hydrogen-bond donors (Lipinski definition) is 0. The highest BCUT2D eigenvalue weighted by atomic mass is 16.5. The third kappa shape index (κ3) is 2.91. The maximum absolute atomic E-state index is 12.8. The van der Waals surface area contributed by atoms with E-state index in [0.717, 1.165) is 16.5 Å². The van der Waals surface area contributed by atoms with Crippen LogP contribution in [0.3, 0.4) is 0 Å². The summed E-state index contributed by atoms with van der Waals surface area (Å²) in [6, 6.07) is 11.4. The summed E-state index contributed by atoms with van der Waals surface area (Å²) in [5.41, 5.74) is 3.23. The highest BCUT2D eigenvalue weighted by molar-refractivity contribution is 6.15. The molecule has 3 aromatic rings. The van der Waals surface area contributed by atoms with Crippen molar-refractivity contribution in [3.05, 3.63) is 65.0 Å². The predicted octanol–water partition coefficient (Wildman–Crippen LogP) is 4.07. The third-order valence-electron chi connectivity index (χ3n) is 4.68. The van der Waals surface area contributed by atoms with Crippen LogP contribution >= 0.6 is 0 Å². The number of carbonyl (C=O) groups is 2. The Morgan fingerprint density at radius 3 is 2.78 bits per heavy atom. The molecule has 0 saturated heterocycles. The second kappa shape index (κ2) is 6.43. The minimum Gasteiger partial charge on any atom is -0.485 e. The maximum Gasteiger partial charge on any atom is 0.231 e. The SMILES string of the molecule is CC(=O)COc1ccc2c(c1C)O/C(=C/c1cn(C)c3ccccc13)C2=O. The van der Waals surface area contributed by atoms with E-state index < -0.39 is 0 Å². The fourth-order valence-electron chi connectivity index (χ4n) is 3.33. The molecule has 4 rings (SSSR count). The number of hydrogen-bond acceptors (Lipinski definition) is 4. The fraction of sp³-hybridized carbons (Fsp3) is 0.182. The molecule has 1 aliphatic heterocycles. The summed E-state index contributed by atoms with van der Waals surface area (Å²) in [5.74, 6) is 1.10. The lowest BCUT2D eigenvalue weighted by Crippen LogP contribution is -2.07. The van der Waals surface area contributed by atoms with Crippen molar-refractivity contribution in [2.45, 2.75) is 13.8 Å². The lowest BCUT2D eigenvalue weighted by atomic mass is 10.1. The van der Waals surface area contributed by atoms with Gasteiger partial charge in [0.05, 0.1) is 5.56 Å². The largest absolute Gasteiger partial charge is 0.485 e. The molecule has 136 valence electrons. The summed E-state index contributed by atoms with van der Waals surface area (Å²) >= 11 is 0. The van der Waals surface area contributed by atoms with Crippen LogP contribution in [0.4, 0.5) is 0 Å². The number of carbonyl (C=O) groups excluding carboxylic acids is 2. The molecule has 0 spiro atoms. The van der Waals surface area contributed by atoms with E-state index in [4.69, 9.17) is 9.47 Å². The van der Waals surface area contributed by atoms with Gasteiger partial charge in [0.25, 0.3) is 0 Å². The van der Waals surface area contributed by atoms with E-state index in [9.17, 15) is 9.59 Å². The number of Topliss-reactive ketones (excluding diaryl/α,β-unsaturated/α-hetero) is 2. The van der Waals surface area contributed by atoms with Crippen molar-refractivity contribution < 1.29 is 19.1 Å². The number of benzene rings is 2. The fourth-order valence-corrected chi connectivity index (χ4v) is 3.33. The van der Waals surface area contributed by atoms with Crippen LogP contribution in [-0.4, -0.2) is 22.7 Å². The second-order valence-corrected chi connectivity index (χ2v) is 6.71. The Morgan fingerprint density at radius 2 is 2.00 bits per heavy atom. The van der Waals surface area contributed by atoms with Crippen molar-refractivity contribution >= 4 is 28.5 Å². The Bertz CT molecular complexity index is 1120. The van der Waals surface area contributed by atoms with Gasteiger partial charge in [-0.1, -0.05) is 18.2 Å². The van der Waals surface area contributed by atoms with E-state index >= 15 is 0 Å². The maximum atomic E-state index is 12.8.